The third-order valence-corrected chi connectivity index (χ3v) is 2.01. The number of nitrogens with zero attached hydrogens (tertiary/aromatic N) is 1. The van der Waals surface area contributed by atoms with E-state index < -0.39 is 0 Å². The van der Waals surface area contributed by atoms with Gasteiger partial charge in [-0.15, -0.1) is 0 Å². The van der Waals surface area contributed by atoms with E-state index in [1.54, 1.807) is 33.3 Å². The number of hydrogen-bond acceptors (Lipinski definition) is 3. The van der Waals surface area contributed by atoms with Crippen LogP contribution in [-0.2, 0) is 11.3 Å². The summed E-state index contributed by atoms with van der Waals surface area (Å²) in [4.78, 5) is 13.1. The predicted molar refractivity (Wildman–Crippen MR) is 56.8 cm³/mol. The summed E-state index contributed by atoms with van der Waals surface area (Å²) in [5, 5.41) is 9.53. The van der Waals surface area contributed by atoms with Crippen LogP contribution in [0.1, 0.15) is 15.9 Å². The van der Waals surface area contributed by atoms with Crippen LogP contribution in [0.4, 0.5) is 0 Å². The average Bonchev–Trinajstić information content (AvgIpc) is 2.20. The van der Waals surface area contributed by atoms with Gasteiger partial charge in [-0.2, -0.15) is 0 Å². The second-order valence-corrected chi connectivity index (χ2v) is 3.48. The molecule has 1 aromatic carbocycles. The molecule has 0 fully saturated rings. The summed E-state index contributed by atoms with van der Waals surface area (Å²) < 4.78 is 4.96. The van der Waals surface area contributed by atoms with Gasteiger partial charge in [0, 0.05) is 21.2 Å². The van der Waals surface area contributed by atoms with Gasteiger partial charge in [0.15, 0.2) is 0 Å². The number of methoxy groups -OCH3 is 1. The standard InChI is InChI=1S/C11H15NO3/c1-12(2)11(14)9-6-8(7-15-3)4-5-10(9)13/h4-6,13H,7H2,1-3H3. The topological polar surface area (TPSA) is 49.8 Å². The molecule has 82 valence electrons. The van der Waals surface area contributed by atoms with E-state index in [4.69, 9.17) is 4.74 Å². The number of benzene rings is 1. The number of carbonyl (C=O) groups is 1. The number of carbonyl (C=O) groups excluding carboxylic acids is 1. The summed E-state index contributed by atoms with van der Waals surface area (Å²) in [7, 11) is 4.87. The summed E-state index contributed by atoms with van der Waals surface area (Å²) in [6, 6.07) is 4.87. The molecule has 0 radical (unpaired) electrons. The molecule has 0 aliphatic heterocycles. The molecule has 0 saturated heterocycles. The first-order valence-electron chi connectivity index (χ1n) is 4.58. The van der Waals surface area contributed by atoms with E-state index in [0.717, 1.165) is 5.56 Å². The second-order valence-electron chi connectivity index (χ2n) is 3.48. The minimum Gasteiger partial charge on any atom is -0.507 e. The SMILES string of the molecule is COCc1ccc(O)c(C(=O)N(C)C)c1. The molecule has 0 aromatic heterocycles. The fourth-order valence-corrected chi connectivity index (χ4v) is 1.25. The van der Waals surface area contributed by atoms with E-state index in [2.05, 4.69) is 0 Å². The lowest BCUT2D eigenvalue weighted by Gasteiger charge is -2.12. The Hall–Kier alpha value is -1.55. The highest BCUT2D eigenvalue weighted by Crippen LogP contribution is 2.20. The quantitative estimate of drug-likeness (QED) is 0.814. The lowest BCUT2D eigenvalue weighted by Crippen LogP contribution is -2.21. The largest absolute Gasteiger partial charge is 0.507 e. The van der Waals surface area contributed by atoms with Gasteiger partial charge in [-0.3, -0.25) is 4.79 Å². The van der Waals surface area contributed by atoms with E-state index in [1.165, 1.54) is 11.0 Å². The Morgan fingerprint density at radius 1 is 1.47 bits per heavy atom. The zero-order valence-corrected chi connectivity index (χ0v) is 9.15. The van der Waals surface area contributed by atoms with Crippen molar-refractivity contribution in [1.29, 1.82) is 0 Å². The van der Waals surface area contributed by atoms with Gasteiger partial charge in [0.05, 0.1) is 12.2 Å². The molecule has 0 aliphatic rings. The Morgan fingerprint density at radius 3 is 2.67 bits per heavy atom. The highest BCUT2D eigenvalue weighted by atomic mass is 16.5. The molecule has 1 amide bonds. The first kappa shape index (κ1) is 11.5. The smallest absolute Gasteiger partial charge is 0.257 e. The summed E-state index contributed by atoms with van der Waals surface area (Å²) in [6.07, 6.45) is 0. The van der Waals surface area contributed by atoms with Crippen molar-refractivity contribution in [3.63, 3.8) is 0 Å². The van der Waals surface area contributed by atoms with Crippen molar-refractivity contribution in [1.82, 2.24) is 4.90 Å². The third kappa shape index (κ3) is 2.70. The molecule has 0 aliphatic carbocycles. The maximum Gasteiger partial charge on any atom is 0.257 e. The molecular formula is C11H15NO3. The first-order valence-corrected chi connectivity index (χ1v) is 4.58. The van der Waals surface area contributed by atoms with E-state index in [9.17, 15) is 9.90 Å². The molecule has 15 heavy (non-hydrogen) atoms. The van der Waals surface area contributed by atoms with Gasteiger partial charge in [-0.25, -0.2) is 0 Å². The van der Waals surface area contributed by atoms with Gasteiger partial charge < -0.3 is 14.7 Å². The zero-order valence-electron chi connectivity index (χ0n) is 9.15. The molecule has 0 bridgehead atoms. The summed E-state index contributed by atoms with van der Waals surface area (Å²) in [6.45, 7) is 0.425. The molecule has 1 rings (SSSR count). The molecule has 0 heterocycles. The van der Waals surface area contributed by atoms with Crippen LogP contribution in [-0.4, -0.2) is 37.1 Å². The molecule has 1 N–H and O–H groups in total. The van der Waals surface area contributed by atoms with Gasteiger partial charge >= 0.3 is 0 Å². The van der Waals surface area contributed by atoms with Crippen molar-refractivity contribution in [2.24, 2.45) is 0 Å². The van der Waals surface area contributed by atoms with Crippen LogP contribution in [0.15, 0.2) is 18.2 Å². The van der Waals surface area contributed by atoms with Crippen LogP contribution in [0.3, 0.4) is 0 Å². The van der Waals surface area contributed by atoms with Crippen molar-refractivity contribution in [2.75, 3.05) is 21.2 Å². The first-order chi connectivity index (χ1) is 7.06. The predicted octanol–water partition coefficient (Wildman–Crippen LogP) is 1.24. The van der Waals surface area contributed by atoms with Crippen molar-refractivity contribution < 1.29 is 14.6 Å². The molecular weight excluding hydrogens is 194 g/mol. The van der Waals surface area contributed by atoms with Gasteiger partial charge in [0.1, 0.15) is 5.75 Å². The normalized spacial score (nSPS) is 10.1. The fraction of sp³-hybridized carbons (Fsp3) is 0.364. The minimum absolute atomic E-state index is 0.00597. The number of aromatic hydroxyl groups is 1. The van der Waals surface area contributed by atoms with E-state index in [1.807, 2.05) is 0 Å². The highest BCUT2D eigenvalue weighted by molar-refractivity contribution is 5.96. The zero-order chi connectivity index (χ0) is 11.4. The summed E-state index contributed by atoms with van der Waals surface area (Å²) in [5.74, 6) is -0.223. The molecule has 0 unspecified atom stereocenters. The fourth-order valence-electron chi connectivity index (χ4n) is 1.25. The Labute approximate surface area is 89.1 Å². The number of ether oxygens (including phenoxy) is 1. The lowest BCUT2D eigenvalue weighted by atomic mass is 10.1. The molecule has 1 aromatic rings. The Morgan fingerprint density at radius 2 is 2.13 bits per heavy atom. The third-order valence-electron chi connectivity index (χ3n) is 2.01. The van der Waals surface area contributed by atoms with Gasteiger partial charge in [0.2, 0.25) is 0 Å². The van der Waals surface area contributed by atoms with E-state index in [0.29, 0.717) is 12.2 Å². The molecule has 0 spiro atoms. The lowest BCUT2D eigenvalue weighted by molar-refractivity contribution is 0.0824. The van der Waals surface area contributed by atoms with Gasteiger partial charge in [-0.1, -0.05) is 6.07 Å². The van der Waals surface area contributed by atoms with Crippen LogP contribution in [0, 0.1) is 0 Å². The molecule has 4 nitrogen and oxygen atoms in total. The maximum atomic E-state index is 11.6. The highest BCUT2D eigenvalue weighted by Gasteiger charge is 2.13. The average molecular weight is 209 g/mol. The van der Waals surface area contributed by atoms with Crippen LogP contribution >= 0.6 is 0 Å². The van der Waals surface area contributed by atoms with E-state index in [-0.39, 0.29) is 11.7 Å². The number of phenolic OH excluding ortho intramolecular Hbond substituents is 1. The summed E-state index contributed by atoms with van der Waals surface area (Å²) >= 11 is 0. The number of amides is 1. The van der Waals surface area contributed by atoms with Crippen LogP contribution < -0.4 is 0 Å². The van der Waals surface area contributed by atoms with Crippen LogP contribution in [0.2, 0.25) is 0 Å². The number of phenols is 1. The van der Waals surface area contributed by atoms with Crippen LogP contribution in [0.25, 0.3) is 0 Å². The Balaban J connectivity index is 3.05. The Kier molecular flexibility index (Phi) is 3.68. The van der Waals surface area contributed by atoms with Gasteiger partial charge in [0.25, 0.3) is 5.91 Å². The van der Waals surface area contributed by atoms with Crippen molar-refractivity contribution in [3.8, 4) is 5.75 Å². The molecule has 0 atom stereocenters. The maximum absolute atomic E-state index is 11.6. The molecule has 4 heteroatoms. The van der Waals surface area contributed by atoms with Crippen molar-refractivity contribution in [2.45, 2.75) is 6.61 Å². The van der Waals surface area contributed by atoms with Crippen LogP contribution in [0.5, 0.6) is 5.75 Å². The van der Waals surface area contributed by atoms with Crippen molar-refractivity contribution >= 4 is 5.91 Å². The van der Waals surface area contributed by atoms with Crippen molar-refractivity contribution in [3.05, 3.63) is 29.3 Å². The minimum atomic E-state index is -0.217. The Bertz CT molecular complexity index is 361. The summed E-state index contributed by atoms with van der Waals surface area (Å²) in [5.41, 5.74) is 1.16. The van der Waals surface area contributed by atoms with E-state index >= 15 is 0 Å². The number of rotatable bonds is 3. The molecule has 0 saturated carbocycles. The second kappa shape index (κ2) is 4.79. The number of hydrogen-bond donors (Lipinski definition) is 1. The monoisotopic (exact) mass is 209 g/mol. The van der Waals surface area contributed by atoms with Gasteiger partial charge in [-0.05, 0) is 17.7 Å².